The summed E-state index contributed by atoms with van der Waals surface area (Å²) in [5.41, 5.74) is 0.800. The van der Waals surface area contributed by atoms with Crippen molar-refractivity contribution in [2.75, 3.05) is 0 Å². The van der Waals surface area contributed by atoms with E-state index in [1.807, 2.05) is 0 Å². The smallest absolute Gasteiger partial charge is 0.150 e. The Kier molecular flexibility index (Phi) is 3.04. The maximum Gasteiger partial charge on any atom is 0.150 e. The second-order valence-electron chi connectivity index (χ2n) is 3.09. The zero-order valence-corrected chi connectivity index (χ0v) is 7.98. The van der Waals surface area contributed by atoms with Gasteiger partial charge in [0.2, 0.25) is 0 Å². The molecule has 2 heterocycles. The molecule has 5 heteroatoms. The third kappa shape index (κ3) is 2.85. The standard InChI is InChI=1S/C10H10FN3O/c11-9-3-8(4-12-6-9)5-13-7-10-1-2-14-15-10/h1-4,6,13H,5,7H2. The van der Waals surface area contributed by atoms with Crippen molar-refractivity contribution >= 4 is 0 Å². The molecule has 0 bridgehead atoms. The van der Waals surface area contributed by atoms with Crippen molar-refractivity contribution in [3.63, 3.8) is 0 Å². The van der Waals surface area contributed by atoms with E-state index in [0.717, 1.165) is 11.3 Å². The molecule has 0 unspecified atom stereocenters. The molecule has 0 saturated heterocycles. The minimum Gasteiger partial charge on any atom is -0.360 e. The Labute approximate surface area is 86.1 Å². The Morgan fingerprint density at radius 2 is 2.27 bits per heavy atom. The summed E-state index contributed by atoms with van der Waals surface area (Å²) in [5, 5.41) is 6.67. The molecule has 0 aliphatic heterocycles. The van der Waals surface area contributed by atoms with Crippen molar-refractivity contribution in [3.8, 4) is 0 Å². The zero-order valence-electron chi connectivity index (χ0n) is 7.98. The number of nitrogens with zero attached hydrogens (tertiary/aromatic N) is 2. The van der Waals surface area contributed by atoms with E-state index >= 15 is 0 Å². The summed E-state index contributed by atoms with van der Waals surface area (Å²) in [6.45, 7) is 1.11. The van der Waals surface area contributed by atoms with Crippen LogP contribution < -0.4 is 5.32 Å². The van der Waals surface area contributed by atoms with Gasteiger partial charge in [0.05, 0.1) is 18.9 Å². The molecule has 0 amide bonds. The zero-order chi connectivity index (χ0) is 10.5. The van der Waals surface area contributed by atoms with Crippen LogP contribution >= 0.6 is 0 Å². The van der Waals surface area contributed by atoms with Gasteiger partial charge in [-0.2, -0.15) is 0 Å². The topological polar surface area (TPSA) is 51.0 Å². The molecule has 0 atom stereocenters. The van der Waals surface area contributed by atoms with Crippen molar-refractivity contribution in [1.82, 2.24) is 15.5 Å². The molecule has 15 heavy (non-hydrogen) atoms. The van der Waals surface area contributed by atoms with E-state index in [0.29, 0.717) is 13.1 Å². The monoisotopic (exact) mass is 207 g/mol. The van der Waals surface area contributed by atoms with E-state index in [1.165, 1.54) is 12.3 Å². The number of halogens is 1. The first-order chi connectivity index (χ1) is 7.34. The van der Waals surface area contributed by atoms with Gasteiger partial charge in [0, 0.05) is 18.8 Å². The van der Waals surface area contributed by atoms with Crippen molar-refractivity contribution in [2.45, 2.75) is 13.1 Å². The molecule has 4 nitrogen and oxygen atoms in total. The first-order valence-corrected chi connectivity index (χ1v) is 4.54. The van der Waals surface area contributed by atoms with E-state index in [9.17, 15) is 4.39 Å². The second-order valence-corrected chi connectivity index (χ2v) is 3.09. The summed E-state index contributed by atoms with van der Waals surface area (Å²) in [4.78, 5) is 3.75. The van der Waals surface area contributed by atoms with Gasteiger partial charge in [-0.1, -0.05) is 5.16 Å². The number of pyridine rings is 1. The van der Waals surface area contributed by atoms with Crippen LogP contribution in [0.2, 0.25) is 0 Å². The molecule has 0 spiro atoms. The van der Waals surface area contributed by atoms with Crippen LogP contribution in [0.5, 0.6) is 0 Å². The second kappa shape index (κ2) is 4.65. The molecule has 2 aromatic heterocycles. The van der Waals surface area contributed by atoms with E-state index < -0.39 is 0 Å². The van der Waals surface area contributed by atoms with Crippen LogP contribution in [0.4, 0.5) is 4.39 Å². The molecule has 2 aromatic rings. The third-order valence-corrected chi connectivity index (χ3v) is 1.88. The van der Waals surface area contributed by atoms with Crippen molar-refractivity contribution < 1.29 is 8.91 Å². The van der Waals surface area contributed by atoms with Gasteiger partial charge >= 0.3 is 0 Å². The average Bonchev–Trinajstić information content (AvgIpc) is 2.71. The van der Waals surface area contributed by atoms with Gasteiger partial charge in [0.25, 0.3) is 0 Å². The first kappa shape index (κ1) is 9.79. The van der Waals surface area contributed by atoms with Gasteiger partial charge in [0.15, 0.2) is 0 Å². The summed E-state index contributed by atoms with van der Waals surface area (Å²) in [6.07, 6.45) is 4.39. The molecule has 0 aromatic carbocycles. The summed E-state index contributed by atoms with van der Waals surface area (Å²) in [6, 6.07) is 3.22. The summed E-state index contributed by atoms with van der Waals surface area (Å²) < 4.78 is 17.6. The molecular weight excluding hydrogens is 197 g/mol. The van der Waals surface area contributed by atoms with Crippen LogP contribution in [-0.4, -0.2) is 10.1 Å². The Morgan fingerprint density at radius 1 is 1.33 bits per heavy atom. The van der Waals surface area contributed by atoms with Crippen molar-refractivity contribution in [2.24, 2.45) is 0 Å². The van der Waals surface area contributed by atoms with Crippen LogP contribution in [0.25, 0.3) is 0 Å². The minimum atomic E-state index is -0.325. The van der Waals surface area contributed by atoms with Crippen LogP contribution in [0, 0.1) is 5.82 Å². The number of nitrogens with one attached hydrogen (secondary N) is 1. The van der Waals surface area contributed by atoms with E-state index in [4.69, 9.17) is 4.52 Å². The molecular formula is C10H10FN3O. The fraction of sp³-hybridized carbons (Fsp3) is 0.200. The van der Waals surface area contributed by atoms with Crippen molar-refractivity contribution in [3.05, 3.63) is 47.9 Å². The lowest BCUT2D eigenvalue weighted by atomic mass is 10.3. The lowest BCUT2D eigenvalue weighted by Crippen LogP contribution is -2.12. The molecule has 0 radical (unpaired) electrons. The lowest BCUT2D eigenvalue weighted by molar-refractivity contribution is 0.372. The molecule has 78 valence electrons. The highest BCUT2D eigenvalue weighted by Crippen LogP contribution is 2.01. The van der Waals surface area contributed by atoms with Crippen LogP contribution in [0.15, 0.2) is 35.2 Å². The maximum absolute atomic E-state index is 12.7. The highest BCUT2D eigenvalue weighted by atomic mass is 19.1. The van der Waals surface area contributed by atoms with Gasteiger partial charge in [-0.25, -0.2) is 4.39 Å². The third-order valence-electron chi connectivity index (χ3n) is 1.88. The normalized spacial score (nSPS) is 10.5. The molecule has 1 N–H and O–H groups in total. The lowest BCUT2D eigenvalue weighted by Gasteiger charge is -2.01. The Bertz CT molecular complexity index is 416. The molecule has 0 saturated carbocycles. The SMILES string of the molecule is Fc1cncc(CNCc2ccno2)c1. The number of rotatable bonds is 4. The maximum atomic E-state index is 12.7. The number of hydrogen-bond acceptors (Lipinski definition) is 4. The van der Waals surface area contributed by atoms with E-state index in [2.05, 4.69) is 15.5 Å². The average molecular weight is 207 g/mol. The highest BCUT2D eigenvalue weighted by molar-refractivity contribution is 5.09. The Morgan fingerprint density at radius 3 is 3.00 bits per heavy atom. The van der Waals surface area contributed by atoms with Crippen LogP contribution in [0.1, 0.15) is 11.3 Å². The van der Waals surface area contributed by atoms with Crippen LogP contribution in [-0.2, 0) is 13.1 Å². The Balaban J connectivity index is 1.83. The summed E-state index contributed by atoms with van der Waals surface area (Å²) in [5.74, 6) is 0.424. The fourth-order valence-corrected chi connectivity index (χ4v) is 1.22. The van der Waals surface area contributed by atoms with Gasteiger partial charge in [0.1, 0.15) is 11.6 Å². The van der Waals surface area contributed by atoms with Gasteiger partial charge < -0.3 is 9.84 Å². The van der Waals surface area contributed by atoms with Crippen molar-refractivity contribution in [1.29, 1.82) is 0 Å². The van der Waals surface area contributed by atoms with E-state index in [1.54, 1.807) is 18.5 Å². The number of hydrogen-bond donors (Lipinski definition) is 1. The van der Waals surface area contributed by atoms with Gasteiger partial charge in [-0.15, -0.1) is 0 Å². The summed E-state index contributed by atoms with van der Waals surface area (Å²) >= 11 is 0. The minimum absolute atomic E-state index is 0.325. The highest BCUT2D eigenvalue weighted by Gasteiger charge is 1.98. The van der Waals surface area contributed by atoms with Gasteiger partial charge in [-0.3, -0.25) is 4.98 Å². The molecule has 0 aliphatic rings. The van der Waals surface area contributed by atoms with Crippen LogP contribution in [0.3, 0.4) is 0 Å². The first-order valence-electron chi connectivity index (χ1n) is 4.54. The number of aromatic nitrogens is 2. The Hall–Kier alpha value is -1.75. The molecule has 2 rings (SSSR count). The predicted molar refractivity (Wildman–Crippen MR) is 51.2 cm³/mol. The predicted octanol–water partition coefficient (Wildman–Crippen LogP) is 1.50. The fourth-order valence-electron chi connectivity index (χ4n) is 1.22. The largest absolute Gasteiger partial charge is 0.360 e. The summed E-state index contributed by atoms with van der Waals surface area (Å²) in [7, 11) is 0. The molecule has 0 fully saturated rings. The molecule has 0 aliphatic carbocycles. The van der Waals surface area contributed by atoms with E-state index in [-0.39, 0.29) is 5.82 Å². The van der Waals surface area contributed by atoms with Gasteiger partial charge in [-0.05, 0) is 11.6 Å². The quantitative estimate of drug-likeness (QED) is 0.825.